The Balaban J connectivity index is 1.82. The number of carbonyl (C=O) groups is 1. The third-order valence-electron chi connectivity index (χ3n) is 4.31. The van der Waals surface area contributed by atoms with Gasteiger partial charge in [0.2, 0.25) is 5.95 Å². The number of phenolic OH excluding ortho intramolecular Hbond substituents is 1. The molecule has 0 radical (unpaired) electrons. The molecule has 25 heavy (non-hydrogen) atoms. The number of rotatable bonds is 5. The second-order valence-electron chi connectivity index (χ2n) is 6.42. The second-order valence-corrected chi connectivity index (χ2v) is 6.42. The Morgan fingerprint density at radius 2 is 2.04 bits per heavy atom. The third kappa shape index (κ3) is 3.50. The lowest BCUT2D eigenvalue weighted by Gasteiger charge is -2.24. The lowest BCUT2D eigenvalue weighted by Crippen LogP contribution is -2.37. The molecule has 1 saturated heterocycles. The molecule has 0 spiro atoms. The quantitative estimate of drug-likeness (QED) is 0.866. The lowest BCUT2D eigenvalue weighted by molar-refractivity contribution is 0.177. The van der Waals surface area contributed by atoms with E-state index in [0.29, 0.717) is 18.4 Å². The number of nitrogens with one attached hydrogen (secondary N) is 1. The molecular weight excluding hydrogens is 320 g/mol. The van der Waals surface area contributed by atoms with Gasteiger partial charge in [0, 0.05) is 11.8 Å². The van der Waals surface area contributed by atoms with Gasteiger partial charge in [-0.3, -0.25) is 4.90 Å². The minimum absolute atomic E-state index is 0.0501. The average molecular weight is 342 g/mol. The highest BCUT2D eigenvalue weighted by molar-refractivity contribution is 5.89. The van der Waals surface area contributed by atoms with Crippen LogP contribution in [0.25, 0.3) is 0 Å². The molecule has 1 aromatic heterocycles. The first-order valence-corrected chi connectivity index (χ1v) is 8.31. The van der Waals surface area contributed by atoms with Crippen molar-refractivity contribution in [3.05, 3.63) is 42.1 Å². The first-order valence-electron chi connectivity index (χ1n) is 8.31. The van der Waals surface area contributed by atoms with Gasteiger partial charge in [0.15, 0.2) is 0 Å². The van der Waals surface area contributed by atoms with Gasteiger partial charge in [-0.1, -0.05) is 32.0 Å². The first kappa shape index (κ1) is 17.0. The van der Waals surface area contributed by atoms with Crippen molar-refractivity contribution >= 4 is 17.9 Å². The topological polar surface area (TPSA) is 87.6 Å². The maximum Gasteiger partial charge on any atom is 0.415 e. The summed E-state index contributed by atoms with van der Waals surface area (Å²) in [7, 11) is 0. The van der Waals surface area contributed by atoms with Crippen LogP contribution in [0.15, 0.2) is 36.5 Å². The van der Waals surface area contributed by atoms with Crippen molar-refractivity contribution in [2.45, 2.75) is 32.9 Å². The van der Waals surface area contributed by atoms with Gasteiger partial charge >= 0.3 is 6.09 Å². The Hall–Kier alpha value is -2.83. The van der Waals surface area contributed by atoms with Gasteiger partial charge in [0.05, 0.1) is 12.1 Å². The van der Waals surface area contributed by atoms with E-state index in [1.54, 1.807) is 29.3 Å². The van der Waals surface area contributed by atoms with Crippen LogP contribution in [0.5, 0.6) is 5.75 Å². The van der Waals surface area contributed by atoms with Crippen LogP contribution < -0.4 is 10.2 Å². The number of aromatic hydroxyl groups is 1. The molecule has 1 aliphatic rings. The van der Waals surface area contributed by atoms with Crippen LogP contribution in [-0.4, -0.2) is 33.8 Å². The van der Waals surface area contributed by atoms with Crippen molar-refractivity contribution in [3.63, 3.8) is 0 Å². The minimum atomic E-state index is -0.392. The highest BCUT2D eigenvalue weighted by atomic mass is 16.6. The maximum atomic E-state index is 12.1. The molecule has 0 aliphatic carbocycles. The molecule has 2 N–H and O–H groups in total. The fourth-order valence-corrected chi connectivity index (χ4v) is 2.87. The smallest absolute Gasteiger partial charge is 0.415 e. The highest BCUT2D eigenvalue weighted by Crippen LogP contribution is 2.28. The van der Waals surface area contributed by atoms with Gasteiger partial charge < -0.3 is 15.2 Å². The zero-order valence-electron chi connectivity index (χ0n) is 14.5. The summed E-state index contributed by atoms with van der Waals surface area (Å²) >= 11 is 0. The highest BCUT2D eigenvalue weighted by Gasteiger charge is 2.37. The van der Waals surface area contributed by atoms with Crippen LogP contribution in [0.2, 0.25) is 0 Å². The average Bonchev–Trinajstić information content (AvgIpc) is 2.97. The standard InChI is InChI=1S/C18H22N4O3/c1-11(2)14-10-25-18(24)22(14)16-8-9-19-17(21-16)20-12(3)13-6-4-5-7-15(13)23/h4-9,11-12,14,23H,10H2,1-3H3,(H,19,20,21)/t12-,14+/m0/s1. The van der Waals surface area contributed by atoms with Crippen LogP contribution in [0, 0.1) is 5.92 Å². The number of anilines is 2. The van der Waals surface area contributed by atoms with Crippen molar-refractivity contribution in [1.82, 2.24) is 9.97 Å². The van der Waals surface area contributed by atoms with E-state index in [9.17, 15) is 9.90 Å². The number of para-hydroxylation sites is 1. The van der Waals surface area contributed by atoms with Gasteiger partial charge in [0.25, 0.3) is 0 Å². The Morgan fingerprint density at radius 3 is 2.76 bits per heavy atom. The Kier molecular flexibility index (Phi) is 4.74. The summed E-state index contributed by atoms with van der Waals surface area (Å²) in [5, 5.41) is 13.1. The minimum Gasteiger partial charge on any atom is -0.508 e. The molecule has 7 heteroatoms. The molecule has 1 aliphatic heterocycles. The van der Waals surface area contributed by atoms with Crippen molar-refractivity contribution < 1.29 is 14.6 Å². The van der Waals surface area contributed by atoms with Gasteiger partial charge in [-0.2, -0.15) is 4.98 Å². The number of cyclic esters (lactones) is 1. The SMILES string of the molecule is CC(C)[C@H]1COC(=O)N1c1ccnc(N[C@@H](C)c2ccccc2O)n1. The van der Waals surface area contributed by atoms with E-state index in [1.807, 2.05) is 32.9 Å². The second kappa shape index (κ2) is 6.96. The van der Waals surface area contributed by atoms with Crippen LogP contribution in [-0.2, 0) is 4.74 Å². The van der Waals surface area contributed by atoms with Gasteiger partial charge in [-0.05, 0) is 25.0 Å². The van der Waals surface area contributed by atoms with E-state index in [4.69, 9.17) is 4.74 Å². The normalized spacial score (nSPS) is 18.3. The number of nitrogens with zero attached hydrogens (tertiary/aromatic N) is 3. The van der Waals surface area contributed by atoms with Gasteiger partial charge in [0.1, 0.15) is 18.2 Å². The number of benzene rings is 1. The van der Waals surface area contributed by atoms with Gasteiger partial charge in [-0.15, -0.1) is 0 Å². The zero-order chi connectivity index (χ0) is 18.0. The number of ether oxygens (including phenoxy) is 1. The number of aromatic nitrogens is 2. The number of hydrogen-bond acceptors (Lipinski definition) is 6. The van der Waals surface area contributed by atoms with Crippen LogP contribution >= 0.6 is 0 Å². The predicted molar refractivity (Wildman–Crippen MR) is 94.6 cm³/mol. The van der Waals surface area contributed by atoms with Crippen molar-refractivity contribution in [3.8, 4) is 5.75 Å². The Bertz CT molecular complexity index is 765. The number of phenols is 1. The summed E-state index contributed by atoms with van der Waals surface area (Å²) in [4.78, 5) is 22.3. The molecule has 0 unspecified atom stereocenters. The summed E-state index contributed by atoms with van der Waals surface area (Å²) in [6, 6.07) is 8.55. The summed E-state index contributed by atoms with van der Waals surface area (Å²) in [5.74, 6) is 1.35. The molecule has 3 rings (SSSR count). The van der Waals surface area contributed by atoms with E-state index < -0.39 is 6.09 Å². The van der Waals surface area contributed by atoms with E-state index in [-0.39, 0.29) is 23.8 Å². The Morgan fingerprint density at radius 1 is 1.28 bits per heavy atom. The number of carbonyl (C=O) groups excluding carboxylic acids is 1. The van der Waals surface area contributed by atoms with Crippen molar-refractivity contribution in [2.75, 3.05) is 16.8 Å². The largest absolute Gasteiger partial charge is 0.508 e. The molecule has 0 bridgehead atoms. The maximum absolute atomic E-state index is 12.1. The lowest BCUT2D eigenvalue weighted by atomic mass is 10.0. The van der Waals surface area contributed by atoms with Crippen LogP contribution in [0.3, 0.4) is 0 Å². The molecule has 2 aromatic rings. The van der Waals surface area contributed by atoms with Crippen molar-refractivity contribution in [1.29, 1.82) is 0 Å². The van der Waals surface area contributed by atoms with E-state index in [2.05, 4.69) is 15.3 Å². The summed E-state index contributed by atoms with van der Waals surface area (Å²) < 4.78 is 5.17. The number of amides is 1. The molecule has 1 amide bonds. The molecule has 1 aromatic carbocycles. The third-order valence-corrected chi connectivity index (χ3v) is 4.31. The molecule has 7 nitrogen and oxygen atoms in total. The van der Waals surface area contributed by atoms with Crippen molar-refractivity contribution in [2.24, 2.45) is 5.92 Å². The first-order chi connectivity index (χ1) is 12.0. The van der Waals surface area contributed by atoms with Crippen LogP contribution in [0.4, 0.5) is 16.6 Å². The molecule has 2 atom stereocenters. The molecule has 132 valence electrons. The summed E-state index contributed by atoms with van der Waals surface area (Å²) in [5.41, 5.74) is 0.747. The Labute approximate surface area is 146 Å². The fraction of sp³-hybridized carbons (Fsp3) is 0.389. The molecule has 1 fully saturated rings. The monoisotopic (exact) mass is 342 g/mol. The summed E-state index contributed by atoms with van der Waals surface area (Å²) in [6.45, 7) is 6.35. The van der Waals surface area contributed by atoms with Gasteiger partial charge in [-0.25, -0.2) is 9.78 Å². The number of hydrogen-bond donors (Lipinski definition) is 2. The van der Waals surface area contributed by atoms with E-state index in [1.165, 1.54) is 0 Å². The zero-order valence-corrected chi connectivity index (χ0v) is 14.5. The van der Waals surface area contributed by atoms with Crippen LogP contribution in [0.1, 0.15) is 32.4 Å². The summed E-state index contributed by atoms with van der Waals surface area (Å²) in [6.07, 6.45) is 1.21. The fourth-order valence-electron chi connectivity index (χ4n) is 2.87. The molecule has 2 heterocycles. The van der Waals surface area contributed by atoms with E-state index in [0.717, 1.165) is 5.56 Å². The molecule has 0 saturated carbocycles. The van der Waals surface area contributed by atoms with E-state index >= 15 is 0 Å². The predicted octanol–water partition coefficient (Wildman–Crippen LogP) is 3.34. The molecular formula is C18H22N4O3.